The Kier molecular flexibility index (Phi) is 4.84. The normalized spacial score (nSPS) is 16.4. The van der Waals surface area contributed by atoms with Crippen LogP contribution in [-0.2, 0) is 11.2 Å². The molecule has 2 rings (SSSR count). The highest BCUT2D eigenvalue weighted by molar-refractivity contribution is 5.78. The number of rotatable bonds is 5. The summed E-state index contributed by atoms with van der Waals surface area (Å²) in [4.78, 5) is 11.8. The third kappa shape index (κ3) is 3.63. The van der Waals surface area contributed by atoms with E-state index >= 15 is 0 Å². The Hall–Kier alpha value is -1.75. The lowest BCUT2D eigenvalue weighted by atomic mass is 10.0. The third-order valence-corrected chi connectivity index (χ3v) is 3.52. The van der Waals surface area contributed by atoms with Crippen LogP contribution in [0, 0.1) is 5.92 Å². The smallest absolute Gasteiger partial charge is 0.224 e. The third-order valence-electron chi connectivity index (χ3n) is 3.52. The summed E-state index contributed by atoms with van der Waals surface area (Å²) in [7, 11) is 0. The Morgan fingerprint density at radius 2 is 2.00 bits per heavy atom. The Balaban J connectivity index is 1.84. The van der Waals surface area contributed by atoms with Crippen LogP contribution in [0.25, 0.3) is 0 Å². The molecule has 0 saturated heterocycles. The molecule has 0 fully saturated rings. The van der Waals surface area contributed by atoms with Crippen molar-refractivity contribution in [1.29, 1.82) is 0 Å². The second-order valence-electron chi connectivity index (χ2n) is 5.17. The van der Waals surface area contributed by atoms with Gasteiger partial charge in [-0.25, -0.2) is 0 Å². The number of amides is 1. The minimum atomic E-state index is -0.171. The van der Waals surface area contributed by atoms with Gasteiger partial charge in [-0.1, -0.05) is 13.0 Å². The van der Waals surface area contributed by atoms with Gasteiger partial charge in [0.1, 0.15) is 13.2 Å². The van der Waals surface area contributed by atoms with Crippen LogP contribution in [0.1, 0.15) is 19.4 Å². The average molecular weight is 278 g/mol. The molecule has 0 spiro atoms. The molecular formula is C15H22N2O3. The van der Waals surface area contributed by atoms with Crippen molar-refractivity contribution in [2.24, 2.45) is 11.7 Å². The van der Waals surface area contributed by atoms with Crippen LogP contribution in [0.2, 0.25) is 0 Å². The summed E-state index contributed by atoms with van der Waals surface area (Å²) in [5.74, 6) is 1.39. The van der Waals surface area contributed by atoms with Crippen molar-refractivity contribution in [3.05, 3.63) is 23.8 Å². The van der Waals surface area contributed by atoms with Crippen molar-refractivity contribution in [2.75, 3.05) is 19.8 Å². The SMILES string of the molecule is CC(N)C(C)C(=O)NCCc1ccc2c(c1)OCCO2. The van der Waals surface area contributed by atoms with Crippen molar-refractivity contribution in [3.8, 4) is 11.5 Å². The van der Waals surface area contributed by atoms with E-state index in [2.05, 4.69) is 5.32 Å². The van der Waals surface area contributed by atoms with Gasteiger partial charge in [0, 0.05) is 18.5 Å². The van der Waals surface area contributed by atoms with Crippen LogP contribution < -0.4 is 20.5 Å². The lowest BCUT2D eigenvalue weighted by molar-refractivity contribution is -0.124. The van der Waals surface area contributed by atoms with Crippen molar-refractivity contribution >= 4 is 5.91 Å². The van der Waals surface area contributed by atoms with Crippen molar-refractivity contribution < 1.29 is 14.3 Å². The number of nitrogens with one attached hydrogen (secondary N) is 1. The largest absolute Gasteiger partial charge is 0.486 e. The summed E-state index contributed by atoms with van der Waals surface area (Å²) in [6.07, 6.45) is 0.758. The minimum absolute atomic E-state index is 0.00227. The molecule has 5 nitrogen and oxygen atoms in total. The second-order valence-corrected chi connectivity index (χ2v) is 5.17. The lowest BCUT2D eigenvalue weighted by Gasteiger charge is -2.19. The number of carbonyl (C=O) groups excluding carboxylic acids is 1. The average Bonchev–Trinajstić information content (AvgIpc) is 2.46. The van der Waals surface area contributed by atoms with Gasteiger partial charge in [0.15, 0.2) is 11.5 Å². The number of hydrogen-bond donors (Lipinski definition) is 2. The van der Waals surface area contributed by atoms with E-state index in [4.69, 9.17) is 15.2 Å². The van der Waals surface area contributed by atoms with E-state index in [0.29, 0.717) is 19.8 Å². The van der Waals surface area contributed by atoms with Gasteiger partial charge in [0.05, 0.1) is 0 Å². The van der Waals surface area contributed by atoms with Gasteiger partial charge in [0.25, 0.3) is 0 Å². The maximum Gasteiger partial charge on any atom is 0.224 e. The molecule has 20 heavy (non-hydrogen) atoms. The maximum absolute atomic E-state index is 11.8. The molecule has 1 heterocycles. The molecule has 3 N–H and O–H groups in total. The van der Waals surface area contributed by atoms with Crippen LogP contribution in [0.4, 0.5) is 0 Å². The monoisotopic (exact) mass is 278 g/mol. The molecule has 1 aromatic rings. The Labute approximate surface area is 119 Å². The first-order chi connectivity index (χ1) is 9.58. The fraction of sp³-hybridized carbons (Fsp3) is 0.533. The highest BCUT2D eigenvalue weighted by atomic mass is 16.6. The number of ether oxygens (including phenoxy) is 2. The number of fused-ring (bicyclic) bond motifs is 1. The van der Waals surface area contributed by atoms with Crippen molar-refractivity contribution in [1.82, 2.24) is 5.32 Å². The van der Waals surface area contributed by atoms with Crippen LogP contribution in [0.5, 0.6) is 11.5 Å². The van der Waals surface area contributed by atoms with Gasteiger partial charge >= 0.3 is 0 Å². The summed E-state index contributed by atoms with van der Waals surface area (Å²) in [6, 6.07) is 5.74. The van der Waals surface area contributed by atoms with Gasteiger partial charge < -0.3 is 20.5 Å². The predicted octanol–water partition coefficient (Wildman–Crippen LogP) is 1.10. The molecule has 2 atom stereocenters. The van der Waals surface area contributed by atoms with Crippen molar-refractivity contribution in [3.63, 3.8) is 0 Å². The highest BCUT2D eigenvalue weighted by Crippen LogP contribution is 2.30. The maximum atomic E-state index is 11.8. The predicted molar refractivity (Wildman–Crippen MR) is 77.0 cm³/mol. The first kappa shape index (κ1) is 14.7. The molecule has 0 saturated carbocycles. The van der Waals surface area contributed by atoms with E-state index in [0.717, 1.165) is 23.5 Å². The quantitative estimate of drug-likeness (QED) is 0.846. The summed E-state index contributed by atoms with van der Waals surface area (Å²) in [5.41, 5.74) is 6.82. The topological polar surface area (TPSA) is 73.6 Å². The molecule has 1 aromatic carbocycles. The van der Waals surface area contributed by atoms with E-state index in [-0.39, 0.29) is 17.9 Å². The first-order valence-electron chi connectivity index (χ1n) is 6.99. The van der Waals surface area contributed by atoms with Gasteiger partial charge in [-0.15, -0.1) is 0 Å². The van der Waals surface area contributed by atoms with E-state index in [9.17, 15) is 4.79 Å². The Morgan fingerprint density at radius 3 is 2.70 bits per heavy atom. The highest BCUT2D eigenvalue weighted by Gasteiger charge is 2.16. The van der Waals surface area contributed by atoms with Crippen LogP contribution >= 0.6 is 0 Å². The van der Waals surface area contributed by atoms with E-state index in [1.807, 2.05) is 32.0 Å². The molecule has 2 unspecified atom stereocenters. The van der Waals surface area contributed by atoms with Crippen LogP contribution in [-0.4, -0.2) is 31.7 Å². The zero-order valence-electron chi connectivity index (χ0n) is 12.0. The van der Waals surface area contributed by atoms with Gasteiger partial charge in [-0.2, -0.15) is 0 Å². The molecule has 1 amide bonds. The zero-order valence-corrected chi connectivity index (χ0v) is 12.0. The summed E-state index contributed by atoms with van der Waals surface area (Å²) >= 11 is 0. The van der Waals surface area contributed by atoms with E-state index < -0.39 is 0 Å². The van der Waals surface area contributed by atoms with Crippen molar-refractivity contribution in [2.45, 2.75) is 26.3 Å². The summed E-state index contributed by atoms with van der Waals surface area (Å²) in [5, 5.41) is 2.90. The summed E-state index contributed by atoms with van der Waals surface area (Å²) in [6.45, 7) is 5.45. The molecule has 1 aliphatic rings. The zero-order chi connectivity index (χ0) is 14.5. The minimum Gasteiger partial charge on any atom is -0.486 e. The Morgan fingerprint density at radius 1 is 1.30 bits per heavy atom. The molecular weight excluding hydrogens is 256 g/mol. The van der Waals surface area contributed by atoms with Gasteiger partial charge in [-0.05, 0) is 31.0 Å². The molecule has 110 valence electrons. The number of carbonyl (C=O) groups is 1. The molecule has 0 bridgehead atoms. The standard InChI is InChI=1S/C15H22N2O3/c1-10(11(2)16)15(18)17-6-5-12-3-4-13-14(9-12)20-8-7-19-13/h3-4,9-11H,5-8,16H2,1-2H3,(H,17,18). The molecule has 0 radical (unpaired) electrons. The first-order valence-corrected chi connectivity index (χ1v) is 6.99. The molecule has 1 aliphatic heterocycles. The Bertz CT molecular complexity index is 474. The molecule has 0 aliphatic carbocycles. The molecule has 0 aromatic heterocycles. The fourth-order valence-electron chi connectivity index (χ4n) is 1.97. The van der Waals surface area contributed by atoms with E-state index in [1.54, 1.807) is 0 Å². The van der Waals surface area contributed by atoms with Gasteiger partial charge in [-0.3, -0.25) is 4.79 Å². The van der Waals surface area contributed by atoms with E-state index in [1.165, 1.54) is 0 Å². The number of nitrogens with two attached hydrogens (primary N) is 1. The van der Waals surface area contributed by atoms with Crippen LogP contribution in [0.15, 0.2) is 18.2 Å². The number of benzene rings is 1. The lowest BCUT2D eigenvalue weighted by Crippen LogP contribution is -2.39. The fourth-order valence-corrected chi connectivity index (χ4v) is 1.97. The van der Waals surface area contributed by atoms with Crippen LogP contribution in [0.3, 0.4) is 0 Å². The number of hydrogen-bond acceptors (Lipinski definition) is 4. The molecule has 5 heteroatoms. The summed E-state index contributed by atoms with van der Waals surface area (Å²) < 4.78 is 11.0. The second kappa shape index (κ2) is 6.61. The van der Waals surface area contributed by atoms with Gasteiger partial charge in [0.2, 0.25) is 5.91 Å².